The van der Waals surface area contributed by atoms with Crippen LogP contribution in [-0.4, -0.2) is 19.4 Å². The van der Waals surface area contributed by atoms with Crippen molar-refractivity contribution >= 4 is 9.84 Å². The van der Waals surface area contributed by atoms with Gasteiger partial charge in [-0.2, -0.15) is 0 Å². The van der Waals surface area contributed by atoms with Gasteiger partial charge in [0.25, 0.3) is 0 Å². The molecule has 3 aliphatic rings. The molecule has 3 fully saturated rings. The van der Waals surface area contributed by atoms with Crippen molar-refractivity contribution in [1.29, 1.82) is 0 Å². The van der Waals surface area contributed by atoms with E-state index in [1.54, 1.807) is 0 Å². The molecule has 1 heterocycles. The molecule has 0 aromatic carbocycles. The molecular formula is C9H14O2S. The predicted molar refractivity (Wildman–Crippen MR) is 46.4 cm³/mol. The van der Waals surface area contributed by atoms with Gasteiger partial charge in [0.1, 0.15) is 0 Å². The van der Waals surface area contributed by atoms with Gasteiger partial charge in [-0.15, -0.1) is 0 Å². The molecule has 1 saturated heterocycles. The van der Waals surface area contributed by atoms with E-state index < -0.39 is 9.84 Å². The highest BCUT2D eigenvalue weighted by atomic mass is 32.2. The molecule has 2 bridgehead atoms. The molecule has 12 heavy (non-hydrogen) atoms. The highest BCUT2D eigenvalue weighted by Crippen LogP contribution is 2.58. The van der Waals surface area contributed by atoms with Crippen molar-refractivity contribution in [1.82, 2.24) is 0 Å². The van der Waals surface area contributed by atoms with Crippen molar-refractivity contribution in [3.8, 4) is 0 Å². The Bertz CT molecular complexity index is 319. The lowest BCUT2D eigenvalue weighted by atomic mass is 9.82. The van der Waals surface area contributed by atoms with Crippen molar-refractivity contribution in [3.05, 3.63) is 0 Å². The number of rotatable bonds is 0. The molecule has 3 heteroatoms. The SMILES string of the molecule is CC1C2CC3C(C2)S(=O)(=O)C[C@@H]13. The average Bonchev–Trinajstić information content (AvgIpc) is 2.54. The highest BCUT2D eigenvalue weighted by molar-refractivity contribution is 7.92. The van der Waals surface area contributed by atoms with Crippen LogP contribution >= 0.6 is 0 Å². The fraction of sp³-hybridized carbons (Fsp3) is 1.00. The second kappa shape index (κ2) is 1.89. The minimum Gasteiger partial charge on any atom is -0.229 e. The van der Waals surface area contributed by atoms with Crippen LogP contribution in [0.5, 0.6) is 0 Å². The summed E-state index contributed by atoms with van der Waals surface area (Å²) in [6, 6.07) is 0. The van der Waals surface area contributed by atoms with Gasteiger partial charge in [0.15, 0.2) is 9.84 Å². The first kappa shape index (κ1) is 7.36. The van der Waals surface area contributed by atoms with Crippen molar-refractivity contribution in [2.45, 2.75) is 25.0 Å². The zero-order chi connectivity index (χ0) is 8.51. The lowest BCUT2D eigenvalue weighted by Crippen LogP contribution is -2.23. The van der Waals surface area contributed by atoms with Gasteiger partial charge in [0.05, 0.1) is 11.0 Å². The Morgan fingerprint density at radius 1 is 1.17 bits per heavy atom. The third-order valence-corrected chi connectivity index (χ3v) is 6.76. The van der Waals surface area contributed by atoms with E-state index in [-0.39, 0.29) is 5.25 Å². The smallest absolute Gasteiger partial charge is 0.153 e. The van der Waals surface area contributed by atoms with Crippen LogP contribution in [0.25, 0.3) is 0 Å². The van der Waals surface area contributed by atoms with Crippen molar-refractivity contribution in [2.75, 3.05) is 5.75 Å². The van der Waals surface area contributed by atoms with Gasteiger partial charge in [0, 0.05) is 0 Å². The van der Waals surface area contributed by atoms with E-state index in [0.717, 1.165) is 12.3 Å². The molecule has 3 rings (SSSR count). The molecule has 0 radical (unpaired) electrons. The normalized spacial score (nSPS) is 59.6. The third-order valence-electron chi connectivity index (χ3n) is 4.44. The lowest BCUT2D eigenvalue weighted by Gasteiger charge is -2.22. The molecule has 5 atom stereocenters. The van der Waals surface area contributed by atoms with E-state index in [2.05, 4.69) is 6.92 Å². The number of fused-ring (bicyclic) bond motifs is 1. The van der Waals surface area contributed by atoms with Crippen LogP contribution in [0, 0.1) is 23.7 Å². The van der Waals surface area contributed by atoms with Crippen molar-refractivity contribution < 1.29 is 8.42 Å². The molecule has 2 saturated carbocycles. The standard InChI is InChI=1S/C9H14O2S/c1-5-6-2-7-8(5)4-12(10,11)9(7)3-6/h5-9H,2-4H2,1H3/t5?,6?,7?,8-,9?/m0/s1. The van der Waals surface area contributed by atoms with Crippen LogP contribution in [-0.2, 0) is 9.84 Å². The Labute approximate surface area is 73.3 Å². The zero-order valence-corrected chi connectivity index (χ0v) is 8.05. The van der Waals surface area contributed by atoms with E-state index in [1.807, 2.05) is 0 Å². The second-order valence-corrected chi connectivity index (χ2v) is 7.05. The molecule has 0 spiro atoms. The van der Waals surface area contributed by atoms with E-state index in [4.69, 9.17) is 0 Å². The minimum absolute atomic E-state index is 0.0729. The van der Waals surface area contributed by atoms with Gasteiger partial charge in [-0.25, -0.2) is 8.42 Å². The van der Waals surface area contributed by atoms with Gasteiger partial charge < -0.3 is 0 Å². The first-order chi connectivity index (χ1) is 5.59. The highest BCUT2D eigenvalue weighted by Gasteiger charge is 2.60. The van der Waals surface area contributed by atoms with Gasteiger partial charge in [0.2, 0.25) is 0 Å². The van der Waals surface area contributed by atoms with E-state index in [1.165, 1.54) is 6.42 Å². The van der Waals surface area contributed by atoms with Crippen LogP contribution in [0.4, 0.5) is 0 Å². The van der Waals surface area contributed by atoms with E-state index in [9.17, 15) is 8.42 Å². The molecule has 1 aliphatic heterocycles. The Balaban J connectivity index is 2.11. The van der Waals surface area contributed by atoms with Crippen molar-refractivity contribution in [2.24, 2.45) is 23.7 Å². The molecule has 0 aromatic rings. The summed E-state index contributed by atoms with van der Waals surface area (Å²) >= 11 is 0. The van der Waals surface area contributed by atoms with Gasteiger partial charge in [-0.1, -0.05) is 6.92 Å². The largest absolute Gasteiger partial charge is 0.229 e. The molecule has 0 aromatic heterocycles. The summed E-state index contributed by atoms with van der Waals surface area (Å²) in [6.07, 6.45) is 2.18. The molecule has 2 aliphatic carbocycles. The number of hydrogen-bond donors (Lipinski definition) is 0. The maximum absolute atomic E-state index is 11.6. The monoisotopic (exact) mass is 186 g/mol. The average molecular weight is 186 g/mol. The van der Waals surface area contributed by atoms with Crippen LogP contribution in [0.3, 0.4) is 0 Å². The van der Waals surface area contributed by atoms with Crippen molar-refractivity contribution in [3.63, 3.8) is 0 Å². The van der Waals surface area contributed by atoms with Gasteiger partial charge in [-0.3, -0.25) is 0 Å². The molecule has 2 nitrogen and oxygen atoms in total. The summed E-state index contributed by atoms with van der Waals surface area (Å²) < 4.78 is 23.3. The fourth-order valence-corrected chi connectivity index (χ4v) is 6.49. The summed E-state index contributed by atoms with van der Waals surface area (Å²) in [5.74, 6) is 3.00. The Morgan fingerprint density at radius 2 is 1.92 bits per heavy atom. The quantitative estimate of drug-likeness (QED) is 0.567. The first-order valence-electron chi connectivity index (χ1n) is 4.81. The second-order valence-electron chi connectivity index (χ2n) is 4.79. The Morgan fingerprint density at radius 3 is 2.50 bits per heavy atom. The van der Waals surface area contributed by atoms with Gasteiger partial charge >= 0.3 is 0 Å². The van der Waals surface area contributed by atoms with E-state index >= 15 is 0 Å². The molecule has 0 amide bonds. The summed E-state index contributed by atoms with van der Waals surface area (Å²) in [7, 11) is -2.66. The summed E-state index contributed by atoms with van der Waals surface area (Å²) in [4.78, 5) is 0. The first-order valence-corrected chi connectivity index (χ1v) is 6.53. The number of hydrogen-bond acceptors (Lipinski definition) is 2. The molecule has 0 N–H and O–H groups in total. The minimum atomic E-state index is -2.66. The van der Waals surface area contributed by atoms with Gasteiger partial charge in [-0.05, 0) is 36.5 Å². The Hall–Kier alpha value is -0.0500. The fourth-order valence-electron chi connectivity index (χ4n) is 3.77. The zero-order valence-electron chi connectivity index (χ0n) is 7.23. The Kier molecular flexibility index (Phi) is 1.16. The number of sulfone groups is 1. The lowest BCUT2D eigenvalue weighted by molar-refractivity contribution is 0.286. The summed E-state index contributed by atoms with van der Waals surface area (Å²) in [5.41, 5.74) is 0. The predicted octanol–water partition coefficient (Wildman–Crippen LogP) is 1.08. The molecular weight excluding hydrogens is 172 g/mol. The van der Waals surface area contributed by atoms with Crippen LogP contribution in [0.2, 0.25) is 0 Å². The van der Waals surface area contributed by atoms with Crippen LogP contribution < -0.4 is 0 Å². The maximum atomic E-state index is 11.6. The summed E-state index contributed by atoms with van der Waals surface area (Å²) in [5, 5.41) is 0.0729. The van der Waals surface area contributed by atoms with Crippen LogP contribution in [0.1, 0.15) is 19.8 Å². The maximum Gasteiger partial charge on any atom is 0.153 e. The third kappa shape index (κ3) is 0.652. The van der Waals surface area contributed by atoms with Crippen LogP contribution in [0.15, 0.2) is 0 Å². The molecule has 4 unspecified atom stereocenters. The molecule has 68 valence electrons. The summed E-state index contributed by atoms with van der Waals surface area (Å²) in [6.45, 7) is 2.24. The van der Waals surface area contributed by atoms with E-state index in [0.29, 0.717) is 23.5 Å². The topological polar surface area (TPSA) is 34.1 Å².